The normalized spacial score (nSPS) is 11.6. The number of halogens is 1. The van der Waals surface area contributed by atoms with Gasteiger partial charge < -0.3 is 15.2 Å². The van der Waals surface area contributed by atoms with Gasteiger partial charge in [-0.3, -0.25) is 9.59 Å². The summed E-state index contributed by atoms with van der Waals surface area (Å²) in [6.45, 7) is 1.50. The van der Waals surface area contributed by atoms with Crippen molar-refractivity contribution in [1.82, 2.24) is 10.5 Å². The zero-order chi connectivity index (χ0) is 19.9. The first-order chi connectivity index (χ1) is 13.5. The van der Waals surface area contributed by atoms with Crippen molar-refractivity contribution < 1.29 is 18.5 Å². The van der Waals surface area contributed by atoms with Crippen molar-refractivity contribution in [3.63, 3.8) is 0 Å². The number of nitrogens with one attached hydrogen (secondary N) is 2. The maximum absolute atomic E-state index is 13.3. The highest BCUT2D eigenvalue weighted by atomic mass is 19.1. The molecule has 2 N–H and O–H groups in total. The Labute approximate surface area is 161 Å². The molecular weight excluding hydrogens is 361 g/mol. The average Bonchev–Trinajstić information content (AvgIpc) is 3.10. The molecule has 3 rings (SSSR count). The minimum Gasteiger partial charge on any atom is -0.360 e. The summed E-state index contributed by atoms with van der Waals surface area (Å²) in [7, 11) is 0. The quantitative estimate of drug-likeness (QED) is 0.658. The van der Waals surface area contributed by atoms with Crippen LogP contribution >= 0.6 is 0 Å². The van der Waals surface area contributed by atoms with Crippen LogP contribution in [0.5, 0.6) is 0 Å². The molecule has 0 fully saturated rings. The van der Waals surface area contributed by atoms with Gasteiger partial charge in [0.15, 0.2) is 5.82 Å². The molecule has 3 aromatic rings. The average molecular weight is 381 g/mol. The Morgan fingerprint density at radius 1 is 1.11 bits per heavy atom. The van der Waals surface area contributed by atoms with Gasteiger partial charge in [0.2, 0.25) is 11.8 Å². The molecule has 0 saturated carbocycles. The van der Waals surface area contributed by atoms with Gasteiger partial charge in [-0.2, -0.15) is 0 Å². The molecule has 28 heavy (non-hydrogen) atoms. The van der Waals surface area contributed by atoms with Crippen LogP contribution in [0.2, 0.25) is 0 Å². The van der Waals surface area contributed by atoms with E-state index >= 15 is 0 Å². The molecule has 6 nitrogen and oxygen atoms in total. The third-order valence-electron chi connectivity index (χ3n) is 4.19. The lowest BCUT2D eigenvalue weighted by atomic mass is 9.91. The van der Waals surface area contributed by atoms with Gasteiger partial charge in [0, 0.05) is 6.07 Å². The number of amides is 2. The fraction of sp³-hybridized carbons (Fsp3) is 0.190. The molecule has 0 spiro atoms. The van der Waals surface area contributed by atoms with E-state index in [4.69, 9.17) is 4.52 Å². The van der Waals surface area contributed by atoms with E-state index in [-0.39, 0.29) is 24.1 Å². The van der Waals surface area contributed by atoms with Crippen LogP contribution in [-0.2, 0) is 16.0 Å². The van der Waals surface area contributed by atoms with Gasteiger partial charge in [-0.05, 0) is 36.6 Å². The van der Waals surface area contributed by atoms with E-state index < -0.39 is 11.8 Å². The number of hydrogen-bond donors (Lipinski definition) is 2. The smallest absolute Gasteiger partial charge is 0.245 e. The Hall–Kier alpha value is -3.48. The number of nitrogens with zero attached hydrogens (tertiary/aromatic N) is 1. The molecule has 1 aromatic heterocycles. The van der Waals surface area contributed by atoms with Crippen LogP contribution in [-0.4, -0.2) is 23.5 Å². The SMILES string of the molecule is Cc1cc(NC(=O)CNC(=O)C(Cc2ccccc2)c2ccc(F)cc2)no1. The summed E-state index contributed by atoms with van der Waals surface area (Å²) in [6.07, 6.45) is 0.433. The van der Waals surface area contributed by atoms with Crippen molar-refractivity contribution >= 4 is 17.6 Å². The second-order valence-electron chi connectivity index (χ2n) is 6.38. The molecule has 0 bridgehead atoms. The van der Waals surface area contributed by atoms with Gasteiger partial charge in [-0.15, -0.1) is 0 Å². The van der Waals surface area contributed by atoms with Crippen LogP contribution in [0.4, 0.5) is 10.2 Å². The molecular formula is C21H20FN3O3. The maximum atomic E-state index is 13.3. The van der Waals surface area contributed by atoms with E-state index in [1.165, 1.54) is 12.1 Å². The number of rotatable bonds is 7. The Balaban J connectivity index is 1.67. The first-order valence-electron chi connectivity index (χ1n) is 8.81. The van der Waals surface area contributed by atoms with Crippen LogP contribution in [0.1, 0.15) is 22.8 Å². The number of aryl methyl sites for hydroxylation is 1. The Morgan fingerprint density at radius 3 is 2.46 bits per heavy atom. The van der Waals surface area contributed by atoms with Crippen molar-refractivity contribution in [1.29, 1.82) is 0 Å². The number of hydrogen-bond acceptors (Lipinski definition) is 4. The molecule has 0 radical (unpaired) electrons. The van der Waals surface area contributed by atoms with Crippen LogP contribution < -0.4 is 10.6 Å². The van der Waals surface area contributed by atoms with Gasteiger partial charge >= 0.3 is 0 Å². The van der Waals surface area contributed by atoms with E-state index in [9.17, 15) is 14.0 Å². The molecule has 2 amide bonds. The molecule has 0 aliphatic carbocycles. The molecule has 7 heteroatoms. The third-order valence-corrected chi connectivity index (χ3v) is 4.19. The van der Waals surface area contributed by atoms with E-state index in [0.29, 0.717) is 17.7 Å². The number of benzene rings is 2. The fourth-order valence-electron chi connectivity index (χ4n) is 2.81. The molecule has 1 heterocycles. The summed E-state index contributed by atoms with van der Waals surface area (Å²) in [6, 6.07) is 16.9. The molecule has 0 saturated heterocycles. The Kier molecular flexibility index (Phi) is 6.16. The van der Waals surface area contributed by atoms with E-state index in [0.717, 1.165) is 5.56 Å². The number of carbonyl (C=O) groups is 2. The zero-order valence-electron chi connectivity index (χ0n) is 15.3. The minimum absolute atomic E-state index is 0.211. The highest BCUT2D eigenvalue weighted by molar-refractivity contribution is 5.95. The predicted molar refractivity (Wildman–Crippen MR) is 102 cm³/mol. The third kappa shape index (κ3) is 5.26. The summed E-state index contributed by atoms with van der Waals surface area (Å²) < 4.78 is 18.2. The predicted octanol–water partition coefficient (Wildman–Crippen LogP) is 3.20. The van der Waals surface area contributed by atoms with Gasteiger partial charge in [0.05, 0.1) is 12.5 Å². The Morgan fingerprint density at radius 2 is 1.82 bits per heavy atom. The van der Waals surface area contributed by atoms with E-state index in [1.54, 1.807) is 25.1 Å². The van der Waals surface area contributed by atoms with Crippen LogP contribution in [0.25, 0.3) is 0 Å². The second-order valence-corrected chi connectivity index (χ2v) is 6.38. The van der Waals surface area contributed by atoms with Crippen LogP contribution in [0.3, 0.4) is 0 Å². The topological polar surface area (TPSA) is 84.2 Å². The molecule has 0 aliphatic rings. The fourth-order valence-corrected chi connectivity index (χ4v) is 2.81. The van der Waals surface area contributed by atoms with E-state index in [2.05, 4.69) is 15.8 Å². The highest BCUT2D eigenvalue weighted by Gasteiger charge is 2.22. The number of carbonyl (C=O) groups excluding carboxylic acids is 2. The van der Waals surface area contributed by atoms with Gasteiger partial charge in [-0.1, -0.05) is 47.6 Å². The summed E-state index contributed by atoms with van der Waals surface area (Å²) in [5.74, 6) is -0.800. The van der Waals surface area contributed by atoms with Crippen molar-refractivity contribution in [3.05, 3.63) is 83.4 Å². The zero-order valence-corrected chi connectivity index (χ0v) is 15.3. The lowest BCUT2D eigenvalue weighted by Gasteiger charge is -2.17. The Bertz CT molecular complexity index is 939. The van der Waals surface area contributed by atoms with Crippen LogP contribution in [0.15, 0.2) is 65.2 Å². The van der Waals surface area contributed by atoms with Crippen molar-refractivity contribution in [3.8, 4) is 0 Å². The highest BCUT2D eigenvalue weighted by Crippen LogP contribution is 2.22. The minimum atomic E-state index is -0.551. The molecule has 1 unspecified atom stereocenters. The largest absolute Gasteiger partial charge is 0.360 e. The van der Waals surface area contributed by atoms with Crippen LogP contribution in [0, 0.1) is 12.7 Å². The van der Waals surface area contributed by atoms with Gasteiger partial charge in [0.1, 0.15) is 11.6 Å². The van der Waals surface area contributed by atoms with Gasteiger partial charge in [-0.25, -0.2) is 4.39 Å². The second kappa shape index (κ2) is 8.94. The van der Waals surface area contributed by atoms with Crippen molar-refractivity contribution in [2.24, 2.45) is 0 Å². The van der Waals surface area contributed by atoms with Gasteiger partial charge in [0.25, 0.3) is 0 Å². The molecule has 0 aliphatic heterocycles. The summed E-state index contributed by atoms with van der Waals surface area (Å²) in [4.78, 5) is 24.8. The van der Waals surface area contributed by atoms with Crippen molar-refractivity contribution in [2.75, 3.05) is 11.9 Å². The maximum Gasteiger partial charge on any atom is 0.245 e. The summed E-state index contributed by atoms with van der Waals surface area (Å²) in [5.41, 5.74) is 1.64. The number of anilines is 1. The van der Waals surface area contributed by atoms with Crippen molar-refractivity contribution in [2.45, 2.75) is 19.3 Å². The summed E-state index contributed by atoms with van der Waals surface area (Å²) in [5, 5.41) is 8.86. The number of aromatic nitrogens is 1. The molecule has 144 valence electrons. The first-order valence-corrected chi connectivity index (χ1v) is 8.81. The van der Waals surface area contributed by atoms with E-state index in [1.807, 2.05) is 30.3 Å². The summed E-state index contributed by atoms with van der Waals surface area (Å²) >= 11 is 0. The first kappa shape index (κ1) is 19.3. The lowest BCUT2D eigenvalue weighted by Crippen LogP contribution is -2.36. The lowest BCUT2D eigenvalue weighted by molar-refractivity contribution is -0.125. The monoisotopic (exact) mass is 381 g/mol. The standard InChI is InChI=1S/C21H20FN3O3/c1-14-11-19(25-28-14)24-20(26)13-23-21(27)18(12-15-5-3-2-4-6-15)16-7-9-17(22)10-8-16/h2-11,18H,12-13H2,1H3,(H,23,27)(H,24,25,26). The molecule has 1 atom stereocenters. The molecule has 2 aromatic carbocycles.